The van der Waals surface area contributed by atoms with E-state index < -0.39 is 0 Å². The fourth-order valence-corrected chi connectivity index (χ4v) is 0. The minimum Gasteiger partial charge on any atom is -0.395 e. The van der Waals surface area contributed by atoms with Gasteiger partial charge < -0.3 is 5.11 Å². The van der Waals surface area contributed by atoms with Crippen molar-refractivity contribution in [2.24, 2.45) is 0 Å². The monoisotopic (exact) mass is 104 g/mol. The summed E-state index contributed by atoms with van der Waals surface area (Å²) >= 11 is 0. The first kappa shape index (κ1) is 6.18. The first-order valence-electron chi connectivity index (χ1n) is 2.28. The smallest absolute Gasteiger partial charge is 0.0553 e. The van der Waals surface area contributed by atoms with E-state index in [1.54, 1.807) is 0 Å². The van der Waals surface area contributed by atoms with Gasteiger partial charge in [0.1, 0.15) is 0 Å². The molecule has 0 aliphatic heterocycles. The fourth-order valence-electron chi connectivity index (χ4n) is 0. The molecule has 0 fully saturated rings. The van der Waals surface area contributed by atoms with E-state index in [-0.39, 0.29) is 14.7 Å². The summed E-state index contributed by atoms with van der Waals surface area (Å²) in [5.41, 5.74) is 0. The molecule has 2 heteroatoms. The van der Waals surface area contributed by atoms with Crippen molar-refractivity contribution in [1.82, 2.24) is 0 Å². The zero-order valence-corrected chi connectivity index (χ0v) is 6.07. The summed E-state index contributed by atoms with van der Waals surface area (Å²) in [6.45, 7) is 5.82. The summed E-state index contributed by atoms with van der Waals surface area (Å²) in [7, 11) is -0.192. The van der Waals surface area contributed by atoms with Crippen LogP contribution in [0, 0.1) is 0 Å². The van der Waals surface area contributed by atoms with E-state index in [1.807, 2.05) is 13.8 Å². The fraction of sp³-hybridized carbons (Fsp3) is 1.00. The van der Waals surface area contributed by atoms with Crippen LogP contribution in [0.4, 0.5) is 0 Å². The molecule has 0 rings (SSSR count). The Morgan fingerprint density at radius 1 is 1.50 bits per heavy atom. The molecule has 0 heterocycles. The van der Waals surface area contributed by atoms with Gasteiger partial charge in [0.2, 0.25) is 0 Å². The van der Waals surface area contributed by atoms with Gasteiger partial charge in [-0.3, -0.25) is 0 Å². The van der Waals surface area contributed by atoms with Crippen LogP contribution in [0.15, 0.2) is 0 Å². The molecular formula is C4H12OSi. The van der Waals surface area contributed by atoms with Crippen LogP contribution in [-0.2, 0) is 0 Å². The van der Waals surface area contributed by atoms with Gasteiger partial charge in [0, 0.05) is 5.22 Å². The molecule has 0 spiro atoms. The summed E-state index contributed by atoms with van der Waals surface area (Å²) in [5.74, 6) is 0. The highest BCUT2D eigenvalue weighted by Crippen LogP contribution is 1.94. The SMILES string of the molecule is C[SiH2]C(C)(C)O. The molecule has 0 amide bonds. The van der Waals surface area contributed by atoms with Crippen LogP contribution in [-0.4, -0.2) is 19.9 Å². The van der Waals surface area contributed by atoms with Crippen LogP contribution >= 0.6 is 0 Å². The maximum atomic E-state index is 8.89. The molecule has 0 unspecified atom stereocenters. The highest BCUT2D eigenvalue weighted by Gasteiger charge is 2.06. The normalized spacial score (nSPS) is 14.0. The number of rotatable bonds is 1. The minimum absolute atomic E-state index is 0.192. The van der Waals surface area contributed by atoms with Gasteiger partial charge in [-0.15, -0.1) is 0 Å². The molecule has 0 bridgehead atoms. The van der Waals surface area contributed by atoms with Crippen molar-refractivity contribution in [2.45, 2.75) is 25.6 Å². The van der Waals surface area contributed by atoms with Gasteiger partial charge >= 0.3 is 0 Å². The van der Waals surface area contributed by atoms with Crippen molar-refractivity contribution in [2.75, 3.05) is 0 Å². The van der Waals surface area contributed by atoms with Crippen LogP contribution in [0.2, 0.25) is 6.55 Å². The Kier molecular flexibility index (Phi) is 1.81. The van der Waals surface area contributed by atoms with Crippen molar-refractivity contribution >= 4 is 9.52 Å². The second-order valence-electron chi connectivity index (χ2n) is 2.17. The standard InChI is InChI=1S/C4H12OSi/c1-4(2,5)6-3/h5H,6H2,1-3H3. The third-order valence-corrected chi connectivity index (χ3v) is 2.60. The zero-order chi connectivity index (χ0) is 5.21. The lowest BCUT2D eigenvalue weighted by atomic mass is 10.5. The second kappa shape index (κ2) is 1.75. The molecule has 0 saturated carbocycles. The van der Waals surface area contributed by atoms with Crippen molar-refractivity contribution in [3.63, 3.8) is 0 Å². The number of aliphatic hydroxyl groups is 1. The summed E-state index contributed by atoms with van der Waals surface area (Å²) in [6.07, 6.45) is 0. The summed E-state index contributed by atoms with van der Waals surface area (Å²) in [4.78, 5) is 0. The van der Waals surface area contributed by atoms with Gasteiger partial charge in [-0.25, -0.2) is 0 Å². The second-order valence-corrected chi connectivity index (χ2v) is 4.60. The molecule has 0 radical (unpaired) electrons. The quantitative estimate of drug-likeness (QED) is 0.462. The van der Waals surface area contributed by atoms with Gasteiger partial charge in [-0.05, 0) is 13.8 Å². The lowest BCUT2D eigenvalue weighted by molar-refractivity contribution is 0.166. The third-order valence-electron chi connectivity index (χ3n) is 0.865. The van der Waals surface area contributed by atoms with Crippen LogP contribution in [0.5, 0.6) is 0 Å². The Balaban J connectivity index is 3.17. The van der Waals surface area contributed by atoms with Gasteiger partial charge in [0.15, 0.2) is 0 Å². The molecule has 0 aromatic rings. The Hall–Kier alpha value is 0.177. The summed E-state index contributed by atoms with van der Waals surface area (Å²) < 4.78 is 0. The Morgan fingerprint density at radius 3 is 1.67 bits per heavy atom. The van der Waals surface area contributed by atoms with E-state index in [4.69, 9.17) is 5.11 Å². The summed E-state index contributed by atoms with van der Waals surface area (Å²) in [5, 5.41) is 8.57. The van der Waals surface area contributed by atoms with E-state index in [2.05, 4.69) is 6.55 Å². The van der Waals surface area contributed by atoms with E-state index in [1.165, 1.54) is 0 Å². The minimum atomic E-state index is -0.319. The predicted molar refractivity (Wildman–Crippen MR) is 30.7 cm³/mol. The molecule has 0 atom stereocenters. The van der Waals surface area contributed by atoms with Crippen molar-refractivity contribution in [3.05, 3.63) is 0 Å². The largest absolute Gasteiger partial charge is 0.395 e. The van der Waals surface area contributed by atoms with Crippen LogP contribution in [0.3, 0.4) is 0 Å². The van der Waals surface area contributed by atoms with Gasteiger partial charge in [-0.2, -0.15) is 0 Å². The maximum Gasteiger partial charge on any atom is 0.0553 e. The van der Waals surface area contributed by atoms with E-state index in [0.717, 1.165) is 0 Å². The highest BCUT2D eigenvalue weighted by molar-refractivity contribution is 6.37. The Morgan fingerprint density at radius 2 is 1.67 bits per heavy atom. The Bertz CT molecular complexity index is 37.3. The van der Waals surface area contributed by atoms with Crippen LogP contribution in [0.1, 0.15) is 13.8 Å². The predicted octanol–water partition coefficient (Wildman–Crippen LogP) is -0.0683. The molecule has 0 saturated heterocycles. The van der Waals surface area contributed by atoms with E-state index in [0.29, 0.717) is 0 Å². The average molecular weight is 104 g/mol. The lowest BCUT2D eigenvalue weighted by Gasteiger charge is -2.11. The Labute approximate surface area is 41.2 Å². The van der Waals surface area contributed by atoms with Crippen LogP contribution < -0.4 is 0 Å². The topological polar surface area (TPSA) is 20.2 Å². The highest BCUT2D eigenvalue weighted by atomic mass is 28.2. The molecular weight excluding hydrogens is 92.1 g/mol. The molecule has 6 heavy (non-hydrogen) atoms. The molecule has 0 aromatic heterocycles. The van der Waals surface area contributed by atoms with Crippen molar-refractivity contribution in [3.8, 4) is 0 Å². The lowest BCUT2D eigenvalue weighted by Crippen LogP contribution is -2.24. The van der Waals surface area contributed by atoms with Gasteiger partial charge in [-0.1, -0.05) is 6.55 Å². The van der Waals surface area contributed by atoms with Crippen molar-refractivity contribution in [1.29, 1.82) is 0 Å². The van der Waals surface area contributed by atoms with E-state index >= 15 is 0 Å². The molecule has 1 N–H and O–H groups in total. The molecule has 38 valence electrons. The first-order chi connectivity index (χ1) is 2.56. The van der Waals surface area contributed by atoms with Gasteiger partial charge in [0.25, 0.3) is 0 Å². The molecule has 0 aliphatic carbocycles. The third kappa shape index (κ3) is 4.18. The van der Waals surface area contributed by atoms with Crippen LogP contribution in [0.25, 0.3) is 0 Å². The number of hydrogen-bond acceptors (Lipinski definition) is 1. The van der Waals surface area contributed by atoms with Crippen molar-refractivity contribution < 1.29 is 5.11 Å². The maximum absolute atomic E-state index is 8.89. The first-order valence-corrected chi connectivity index (χ1v) is 4.41. The zero-order valence-electron chi connectivity index (χ0n) is 4.65. The number of hydrogen-bond donors (Lipinski definition) is 1. The molecule has 1 nitrogen and oxygen atoms in total. The molecule has 0 aliphatic rings. The van der Waals surface area contributed by atoms with E-state index in [9.17, 15) is 0 Å². The van der Waals surface area contributed by atoms with Gasteiger partial charge in [0.05, 0.1) is 9.52 Å². The summed E-state index contributed by atoms with van der Waals surface area (Å²) in [6, 6.07) is 0. The molecule has 0 aromatic carbocycles. The average Bonchev–Trinajstić information content (AvgIpc) is 1.35.